The summed E-state index contributed by atoms with van der Waals surface area (Å²) >= 11 is 0. The summed E-state index contributed by atoms with van der Waals surface area (Å²) in [6, 6.07) is 15.0. The second-order valence-electron chi connectivity index (χ2n) is 4.60. The zero-order valence-corrected chi connectivity index (χ0v) is 11.7. The number of hydrogen-bond acceptors (Lipinski definition) is 3. The van der Waals surface area contributed by atoms with Crippen LogP contribution in [0.5, 0.6) is 5.75 Å². The maximum absolute atomic E-state index is 13.6. The molecule has 0 aliphatic carbocycles. The monoisotopic (exact) mass is 288 g/mol. The Morgan fingerprint density at radius 2 is 1.81 bits per heavy atom. The minimum Gasteiger partial charge on any atom is -0.488 e. The SMILES string of the molecule is CNC(COc1ccccc1F)(C(N)=O)c1ccccc1. The number of primary amides is 1. The van der Waals surface area contributed by atoms with Crippen molar-refractivity contribution in [1.29, 1.82) is 0 Å². The molecule has 5 heteroatoms. The Morgan fingerprint density at radius 3 is 2.38 bits per heavy atom. The van der Waals surface area contributed by atoms with Crippen LogP contribution >= 0.6 is 0 Å². The van der Waals surface area contributed by atoms with Gasteiger partial charge in [0.1, 0.15) is 6.61 Å². The summed E-state index contributed by atoms with van der Waals surface area (Å²) in [4.78, 5) is 11.9. The van der Waals surface area contributed by atoms with Gasteiger partial charge in [-0.15, -0.1) is 0 Å². The van der Waals surface area contributed by atoms with Gasteiger partial charge in [-0.25, -0.2) is 4.39 Å². The van der Waals surface area contributed by atoms with Gasteiger partial charge < -0.3 is 10.5 Å². The number of para-hydroxylation sites is 1. The fourth-order valence-electron chi connectivity index (χ4n) is 2.11. The van der Waals surface area contributed by atoms with E-state index in [0.717, 1.165) is 0 Å². The van der Waals surface area contributed by atoms with Gasteiger partial charge in [-0.05, 0) is 24.7 Å². The van der Waals surface area contributed by atoms with E-state index in [1.807, 2.05) is 6.07 Å². The van der Waals surface area contributed by atoms with E-state index < -0.39 is 17.3 Å². The quantitative estimate of drug-likeness (QED) is 0.852. The van der Waals surface area contributed by atoms with Crippen molar-refractivity contribution in [2.75, 3.05) is 13.7 Å². The molecule has 0 aliphatic rings. The van der Waals surface area contributed by atoms with Crippen molar-refractivity contribution in [2.45, 2.75) is 5.54 Å². The van der Waals surface area contributed by atoms with Gasteiger partial charge in [-0.2, -0.15) is 0 Å². The van der Waals surface area contributed by atoms with Gasteiger partial charge >= 0.3 is 0 Å². The highest BCUT2D eigenvalue weighted by atomic mass is 19.1. The molecule has 0 heterocycles. The Balaban J connectivity index is 2.30. The van der Waals surface area contributed by atoms with Gasteiger partial charge in [-0.3, -0.25) is 10.1 Å². The highest BCUT2D eigenvalue weighted by Gasteiger charge is 2.38. The highest BCUT2D eigenvalue weighted by Crippen LogP contribution is 2.24. The molecule has 1 amide bonds. The lowest BCUT2D eigenvalue weighted by Gasteiger charge is -2.30. The first-order chi connectivity index (χ1) is 10.1. The number of nitrogens with one attached hydrogen (secondary N) is 1. The summed E-state index contributed by atoms with van der Waals surface area (Å²) in [7, 11) is 1.61. The van der Waals surface area contributed by atoms with E-state index in [0.29, 0.717) is 5.56 Å². The molecule has 0 aliphatic heterocycles. The molecule has 0 radical (unpaired) electrons. The van der Waals surface area contributed by atoms with E-state index in [1.54, 1.807) is 43.4 Å². The van der Waals surface area contributed by atoms with Crippen LogP contribution in [0.1, 0.15) is 5.56 Å². The third-order valence-corrected chi connectivity index (χ3v) is 3.39. The van der Waals surface area contributed by atoms with Crippen LogP contribution in [-0.2, 0) is 10.3 Å². The molecule has 2 aromatic carbocycles. The third kappa shape index (κ3) is 3.03. The molecule has 21 heavy (non-hydrogen) atoms. The van der Waals surface area contributed by atoms with Crippen molar-refractivity contribution in [2.24, 2.45) is 5.73 Å². The molecular weight excluding hydrogens is 271 g/mol. The van der Waals surface area contributed by atoms with E-state index >= 15 is 0 Å². The molecule has 2 aromatic rings. The lowest BCUT2D eigenvalue weighted by molar-refractivity contribution is -0.126. The molecule has 0 bridgehead atoms. The number of rotatable bonds is 6. The summed E-state index contributed by atoms with van der Waals surface area (Å²) in [5, 5.41) is 2.90. The number of hydrogen-bond donors (Lipinski definition) is 2. The molecule has 0 fully saturated rings. The predicted molar refractivity (Wildman–Crippen MR) is 78.3 cm³/mol. The molecule has 4 nitrogen and oxygen atoms in total. The Labute approximate surface area is 122 Å². The fraction of sp³-hybridized carbons (Fsp3) is 0.188. The van der Waals surface area contributed by atoms with E-state index in [-0.39, 0.29) is 12.4 Å². The van der Waals surface area contributed by atoms with Crippen molar-refractivity contribution in [3.63, 3.8) is 0 Å². The van der Waals surface area contributed by atoms with Crippen LogP contribution in [-0.4, -0.2) is 19.6 Å². The Bertz CT molecular complexity index is 619. The molecule has 0 saturated carbocycles. The molecule has 0 aromatic heterocycles. The molecule has 1 unspecified atom stereocenters. The van der Waals surface area contributed by atoms with Crippen LogP contribution < -0.4 is 15.8 Å². The molecule has 1 atom stereocenters. The predicted octanol–water partition coefficient (Wildman–Crippen LogP) is 1.80. The van der Waals surface area contributed by atoms with Crippen molar-refractivity contribution >= 4 is 5.91 Å². The number of benzene rings is 2. The number of ether oxygens (including phenoxy) is 1. The van der Waals surface area contributed by atoms with Gasteiger partial charge in [0.15, 0.2) is 17.1 Å². The van der Waals surface area contributed by atoms with Gasteiger partial charge in [0.05, 0.1) is 0 Å². The van der Waals surface area contributed by atoms with Crippen LogP contribution in [0.25, 0.3) is 0 Å². The Morgan fingerprint density at radius 1 is 1.19 bits per heavy atom. The van der Waals surface area contributed by atoms with Crippen LogP contribution in [0.15, 0.2) is 54.6 Å². The lowest BCUT2D eigenvalue weighted by Crippen LogP contribution is -2.55. The first kappa shape index (κ1) is 15.0. The zero-order chi connectivity index (χ0) is 15.3. The normalized spacial score (nSPS) is 13.4. The van der Waals surface area contributed by atoms with Crippen LogP contribution in [0.2, 0.25) is 0 Å². The largest absolute Gasteiger partial charge is 0.488 e. The topological polar surface area (TPSA) is 64.3 Å². The van der Waals surface area contributed by atoms with Gasteiger partial charge in [0.25, 0.3) is 0 Å². The first-order valence-electron chi connectivity index (χ1n) is 6.52. The van der Waals surface area contributed by atoms with Crippen LogP contribution in [0.3, 0.4) is 0 Å². The summed E-state index contributed by atoms with van der Waals surface area (Å²) in [6.07, 6.45) is 0. The zero-order valence-electron chi connectivity index (χ0n) is 11.7. The summed E-state index contributed by atoms with van der Waals surface area (Å²) in [5.74, 6) is -0.998. The number of amides is 1. The molecule has 110 valence electrons. The van der Waals surface area contributed by atoms with Gasteiger partial charge in [0, 0.05) is 0 Å². The summed E-state index contributed by atoms with van der Waals surface area (Å²) in [5.41, 5.74) is 4.99. The number of nitrogens with two attached hydrogens (primary N) is 1. The van der Waals surface area contributed by atoms with E-state index in [1.165, 1.54) is 12.1 Å². The number of carbonyl (C=O) groups is 1. The maximum atomic E-state index is 13.6. The average Bonchev–Trinajstić information content (AvgIpc) is 2.51. The van der Waals surface area contributed by atoms with E-state index in [4.69, 9.17) is 10.5 Å². The molecule has 0 spiro atoms. The number of halogens is 1. The van der Waals surface area contributed by atoms with E-state index in [9.17, 15) is 9.18 Å². The van der Waals surface area contributed by atoms with E-state index in [2.05, 4.69) is 5.32 Å². The van der Waals surface area contributed by atoms with Crippen molar-refractivity contribution < 1.29 is 13.9 Å². The maximum Gasteiger partial charge on any atom is 0.245 e. The molecule has 3 N–H and O–H groups in total. The standard InChI is InChI=1S/C16H17FN2O2/c1-19-16(15(18)20,12-7-3-2-4-8-12)11-21-14-10-6-5-9-13(14)17/h2-10,19H,11H2,1H3,(H2,18,20). The molecule has 2 rings (SSSR count). The fourth-order valence-corrected chi connectivity index (χ4v) is 2.11. The van der Waals surface area contributed by atoms with Crippen molar-refractivity contribution in [3.05, 3.63) is 66.0 Å². The van der Waals surface area contributed by atoms with Gasteiger partial charge in [0.2, 0.25) is 5.91 Å². The van der Waals surface area contributed by atoms with Crippen molar-refractivity contribution in [3.8, 4) is 5.75 Å². The molecular formula is C16H17FN2O2. The molecule has 0 saturated heterocycles. The summed E-state index contributed by atoms with van der Waals surface area (Å²) < 4.78 is 19.1. The highest BCUT2D eigenvalue weighted by molar-refractivity contribution is 5.86. The second-order valence-corrected chi connectivity index (χ2v) is 4.60. The number of likely N-dealkylation sites (N-methyl/N-ethyl adjacent to an activating group) is 1. The summed E-state index contributed by atoms with van der Waals surface area (Å²) in [6.45, 7) is -0.107. The number of carbonyl (C=O) groups excluding carboxylic acids is 1. The second kappa shape index (κ2) is 6.37. The van der Waals surface area contributed by atoms with Crippen LogP contribution in [0, 0.1) is 5.82 Å². The first-order valence-corrected chi connectivity index (χ1v) is 6.52. The van der Waals surface area contributed by atoms with Gasteiger partial charge in [-0.1, -0.05) is 42.5 Å². The minimum atomic E-state index is -1.22. The third-order valence-electron chi connectivity index (χ3n) is 3.39. The van der Waals surface area contributed by atoms with Crippen LogP contribution in [0.4, 0.5) is 4.39 Å². The Hall–Kier alpha value is -2.40. The smallest absolute Gasteiger partial charge is 0.245 e. The van der Waals surface area contributed by atoms with Crippen molar-refractivity contribution in [1.82, 2.24) is 5.32 Å². The Kier molecular flexibility index (Phi) is 4.55. The minimum absolute atomic E-state index is 0.0781. The average molecular weight is 288 g/mol. The lowest BCUT2D eigenvalue weighted by atomic mass is 9.90.